The summed E-state index contributed by atoms with van der Waals surface area (Å²) in [5.74, 6) is -0.605. The fourth-order valence-corrected chi connectivity index (χ4v) is 1.36. The molecule has 5 nitrogen and oxygen atoms in total. The fourth-order valence-electron chi connectivity index (χ4n) is 1.36. The van der Waals surface area contributed by atoms with Crippen LogP contribution < -0.4 is 16.0 Å². The zero-order valence-corrected chi connectivity index (χ0v) is 8.79. The molecule has 0 aliphatic carbocycles. The van der Waals surface area contributed by atoms with Gasteiger partial charge in [0.1, 0.15) is 5.82 Å². The first-order valence-corrected chi connectivity index (χ1v) is 4.95. The summed E-state index contributed by atoms with van der Waals surface area (Å²) in [6, 6.07) is 4.91. The number of anilines is 1. The molecule has 1 heterocycles. The Morgan fingerprint density at radius 3 is 2.53 bits per heavy atom. The number of amides is 3. The summed E-state index contributed by atoms with van der Waals surface area (Å²) < 4.78 is 12.6. The third kappa shape index (κ3) is 3.04. The molecule has 3 amide bonds. The summed E-state index contributed by atoms with van der Waals surface area (Å²) in [6.07, 6.45) is 1.31. The highest BCUT2D eigenvalue weighted by Crippen LogP contribution is 2.08. The maximum Gasteiger partial charge on any atom is 0.323 e. The average molecular weight is 235 g/mol. The Morgan fingerprint density at radius 1 is 1.24 bits per heavy atom. The molecule has 2 rings (SSSR count). The Bertz CT molecular complexity index is 482. The van der Waals surface area contributed by atoms with Crippen LogP contribution in [0.1, 0.15) is 0 Å². The average Bonchev–Trinajstić information content (AvgIpc) is 2.67. The van der Waals surface area contributed by atoms with Crippen molar-refractivity contribution in [3.05, 3.63) is 41.9 Å². The Kier molecular flexibility index (Phi) is 3.04. The summed E-state index contributed by atoms with van der Waals surface area (Å²) in [7, 11) is 0. The van der Waals surface area contributed by atoms with Crippen LogP contribution in [0.4, 0.5) is 14.9 Å². The van der Waals surface area contributed by atoms with Crippen molar-refractivity contribution >= 4 is 17.6 Å². The van der Waals surface area contributed by atoms with E-state index >= 15 is 0 Å². The van der Waals surface area contributed by atoms with Crippen molar-refractivity contribution in [2.75, 3.05) is 11.9 Å². The number of nitrogens with one attached hydrogen (secondary N) is 3. The lowest BCUT2D eigenvalue weighted by atomic mass is 10.3. The first-order chi connectivity index (χ1) is 8.13. The number of urea groups is 1. The van der Waals surface area contributed by atoms with Gasteiger partial charge < -0.3 is 16.0 Å². The molecule has 0 atom stereocenters. The summed E-state index contributed by atoms with van der Waals surface area (Å²) in [5, 5.41) is 7.54. The predicted octanol–water partition coefficient (Wildman–Crippen LogP) is 0.961. The maximum atomic E-state index is 12.6. The van der Waals surface area contributed by atoms with Crippen LogP contribution in [0, 0.1) is 5.82 Å². The molecular formula is C11H10FN3O2. The van der Waals surface area contributed by atoms with Crippen molar-refractivity contribution in [1.82, 2.24) is 10.6 Å². The molecule has 1 aliphatic rings. The third-order valence-corrected chi connectivity index (χ3v) is 2.13. The van der Waals surface area contributed by atoms with Crippen LogP contribution >= 0.6 is 0 Å². The number of rotatable bonds is 2. The van der Waals surface area contributed by atoms with Gasteiger partial charge in [-0.15, -0.1) is 0 Å². The number of hydrogen-bond donors (Lipinski definition) is 3. The second-order valence-corrected chi connectivity index (χ2v) is 3.47. The number of carbonyl (C=O) groups excluding carboxylic acids is 2. The van der Waals surface area contributed by atoms with E-state index in [-0.39, 0.29) is 11.7 Å². The molecule has 0 unspecified atom stereocenters. The van der Waals surface area contributed by atoms with Gasteiger partial charge in [0, 0.05) is 17.5 Å². The van der Waals surface area contributed by atoms with E-state index in [4.69, 9.17) is 0 Å². The van der Waals surface area contributed by atoms with Gasteiger partial charge in [-0.3, -0.25) is 4.79 Å². The van der Waals surface area contributed by atoms with Crippen LogP contribution in [0.15, 0.2) is 36.0 Å². The monoisotopic (exact) mass is 235 g/mol. The molecule has 3 N–H and O–H groups in total. The highest BCUT2D eigenvalue weighted by atomic mass is 19.1. The van der Waals surface area contributed by atoms with Crippen LogP contribution in [-0.2, 0) is 4.79 Å². The van der Waals surface area contributed by atoms with E-state index in [1.54, 1.807) is 0 Å². The number of benzene rings is 1. The molecule has 0 saturated carbocycles. The summed E-state index contributed by atoms with van der Waals surface area (Å²) in [4.78, 5) is 22.3. The first kappa shape index (κ1) is 11.1. The molecule has 1 aromatic carbocycles. The molecule has 6 heteroatoms. The number of halogens is 1. The normalized spacial score (nSPS) is 13.9. The van der Waals surface area contributed by atoms with E-state index in [2.05, 4.69) is 16.0 Å². The molecule has 0 fully saturated rings. The smallest absolute Gasteiger partial charge is 0.323 e. The SMILES string of the molecule is O=C1C=C(NC(=O)Nc2ccc(F)cc2)CN1. The van der Waals surface area contributed by atoms with Gasteiger partial charge in [0.25, 0.3) is 0 Å². The topological polar surface area (TPSA) is 70.2 Å². The van der Waals surface area contributed by atoms with Crippen molar-refractivity contribution in [3.63, 3.8) is 0 Å². The Balaban J connectivity index is 1.91. The Morgan fingerprint density at radius 2 is 1.94 bits per heavy atom. The summed E-state index contributed by atoms with van der Waals surface area (Å²) in [5.41, 5.74) is 0.969. The van der Waals surface area contributed by atoms with Crippen LogP contribution in [-0.4, -0.2) is 18.5 Å². The lowest BCUT2D eigenvalue weighted by Gasteiger charge is -2.07. The van der Waals surface area contributed by atoms with E-state index in [9.17, 15) is 14.0 Å². The van der Waals surface area contributed by atoms with Gasteiger partial charge in [-0.2, -0.15) is 0 Å². The van der Waals surface area contributed by atoms with Crippen molar-refractivity contribution in [2.24, 2.45) is 0 Å². The van der Waals surface area contributed by atoms with Crippen LogP contribution in [0.5, 0.6) is 0 Å². The van der Waals surface area contributed by atoms with Crippen molar-refractivity contribution < 1.29 is 14.0 Å². The van der Waals surface area contributed by atoms with Gasteiger partial charge in [0.05, 0.1) is 6.54 Å². The van der Waals surface area contributed by atoms with Gasteiger partial charge in [0.15, 0.2) is 0 Å². The molecule has 1 aromatic rings. The van der Waals surface area contributed by atoms with Crippen molar-refractivity contribution in [2.45, 2.75) is 0 Å². The summed E-state index contributed by atoms with van der Waals surface area (Å²) >= 11 is 0. The van der Waals surface area contributed by atoms with E-state index in [1.807, 2.05) is 0 Å². The van der Waals surface area contributed by atoms with Crippen molar-refractivity contribution in [1.29, 1.82) is 0 Å². The minimum absolute atomic E-state index is 0.234. The van der Waals surface area contributed by atoms with Gasteiger partial charge in [-0.1, -0.05) is 0 Å². The molecule has 0 bridgehead atoms. The molecule has 88 valence electrons. The zero-order chi connectivity index (χ0) is 12.3. The fraction of sp³-hybridized carbons (Fsp3) is 0.0909. The van der Waals surface area contributed by atoms with Gasteiger partial charge in [-0.25, -0.2) is 9.18 Å². The molecular weight excluding hydrogens is 225 g/mol. The van der Waals surface area contributed by atoms with Gasteiger partial charge in [0.2, 0.25) is 5.91 Å². The molecule has 0 aromatic heterocycles. The van der Waals surface area contributed by atoms with E-state index in [0.717, 1.165) is 0 Å². The predicted molar refractivity (Wildman–Crippen MR) is 59.6 cm³/mol. The van der Waals surface area contributed by atoms with Gasteiger partial charge in [-0.05, 0) is 24.3 Å². The van der Waals surface area contributed by atoms with Crippen LogP contribution in [0.3, 0.4) is 0 Å². The largest absolute Gasteiger partial charge is 0.347 e. The van der Waals surface area contributed by atoms with Crippen LogP contribution in [0.2, 0.25) is 0 Å². The van der Waals surface area contributed by atoms with Crippen LogP contribution in [0.25, 0.3) is 0 Å². The second-order valence-electron chi connectivity index (χ2n) is 3.47. The quantitative estimate of drug-likeness (QED) is 0.714. The number of carbonyl (C=O) groups is 2. The van der Waals surface area contributed by atoms with E-state index in [0.29, 0.717) is 17.9 Å². The maximum absolute atomic E-state index is 12.6. The van der Waals surface area contributed by atoms with E-state index in [1.165, 1.54) is 30.3 Å². The number of hydrogen-bond acceptors (Lipinski definition) is 2. The standard InChI is InChI=1S/C11H10FN3O2/c12-7-1-3-8(4-2-7)14-11(17)15-9-5-10(16)13-6-9/h1-5H,6H2,(H,13,16)(H2,14,15,17). The second kappa shape index (κ2) is 4.65. The highest BCUT2D eigenvalue weighted by Gasteiger charge is 2.12. The first-order valence-electron chi connectivity index (χ1n) is 4.95. The Hall–Kier alpha value is -2.37. The minimum Gasteiger partial charge on any atom is -0.347 e. The Labute approximate surface area is 96.7 Å². The lowest BCUT2D eigenvalue weighted by molar-refractivity contribution is -0.115. The molecule has 0 spiro atoms. The molecule has 0 radical (unpaired) electrons. The third-order valence-electron chi connectivity index (χ3n) is 2.13. The lowest BCUT2D eigenvalue weighted by Crippen LogP contribution is -2.30. The molecule has 1 aliphatic heterocycles. The summed E-state index contributed by atoms with van der Waals surface area (Å²) in [6.45, 7) is 0.301. The zero-order valence-electron chi connectivity index (χ0n) is 8.79. The van der Waals surface area contributed by atoms with Gasteiger partial charge >= 0.3 is 6.03 Å². The highest BCUT2D eigenvalue weighted by molar-refractivity contribution is 5.95. The van der Waals surface area contributed by atoms with E-state index < -0.39 is 6.03 Å². The molecule has 17 heavy (non-hydrogen) atoms. The minimum atomic E-state index is -0.473. The molecule has 0 saturated heterocycles. The van der Waals surface area contributed by atoms with Crippen molar-refractivity contribution in [3.8, 4) is 0 Å².